The lowest BCUT2D eigenvalue weighted by molar-refractivity contribution is 0.0945. The Balaban J connectivity index is 3.03. The first kappa shape index (κ1) is 20.8. The molecule has 0 saturated carbocycles. The van der Waals surface area contributed by atoms with E-state index in [0.29, 0.717) is 6.61 Å². The number of ether oxygens (including phenoxy) is 1. The maximum absolute atomic E-state index is 10.2. The van der Waals surface area contributed by atoms with Gasteiger partial charge in [0.05, 0.1) is 13.2 Å². The van der Waals surface area contributed by atoms with Crippen LogP contribution in [0, 0.1) is 0 Å². The van der Waals surface area contributed by atoms with Crippen molar-refractivity contribution >= 4 is 10.4 Å². The fourth-order valence-corrected chi connectivity index (χ4v) is 2.45. The van der Waals surface area contributed by atoms with Crippen molar-refractivity contribution in [1.82, 2.24) is 0 Å². The van der Waals surface area contributed by atoms with Crippen LogP contribution in [0.1, 0.15) is 77.6 Å². The van der Waals surface area contributed by atoms with Crippen LogP contribution in [0.15, 0.2) is 0 Å². The summed E-state index contributed by atoms with van der Waals surface area (Å²) in [6.45, 7) is 2.92. The fraction of sp³-hybridized carbons (Fsp3) is 1.00. The zero-order valence-electron chi connectivity index (χ0n) is 13.4. The molecular formula is C15H32O5S. The van der Waals surface area contributed by atoms with Crippen molar-refractivity contribution in [1.29, 1.82) is 0 Å². The van der Waals surface area contributed by atoms with Crippen LogP contribution in [-0.4, -0.2) is 32.8 Å². The third-order valence-corrected chi connectivity index (χ3v) is 3.82. The molecule has 0 saturated heterocycles. The highest BCUT2D eigenvalue weighted by Gasteiger charge is 2.02. The molecule has 0 atom stereocenters. The van der Waals surface area contributed by atoms with E-state index in [0.717, 1.165) is 12.8 Å². The van der Waals surface area contributed by atoms with Gasteiger partial charge >= 0.3 is 10.4 Å². The lowest BCUT2D eigenvalue weighted by Crippen LogP contribution is -2.10. The predicted octanol–water partition coefficient (Wildman–Crippen LogP) is 4.13. The lowest BCUT2D eigenvalue weighted by atomic mass is 10.1. The largest absolute Gasteiger partial charge is 0.397 e. The molecular weight excluding hydrogens is 292 g/mol. The highest BCUT2D eigenvalue weighted by Crippen LogP contribution is 2.11. The second-order valence-corrected chi connectivity index (χ2v) is 6.49. The number of hydrogen-bond donors (Lipinski definition) is 1. The Kier molecular flexibility index (Phi) is 14.6. The molecule has 0 aliphatic carbocycles. The molecule has 128 valence electrons. The van der Waals surface area contributed by atoms with E-state index in [1.165, 1.54) is 57.8 Å². The Bertz CT molecular complexity index is 303. The molecule has 0 aromatic carbocycles. The van der Waals surface area contributed by atoms with Gasteiger partial charge in [0.2, 0.25) is 0 Å². The van der Waals surface area contributed by atoms with E-state index in [1.807, 2.05) is 0 Å². The van der Waals surface area contributed by atoms with Gasteiger partial charge in [-0.2, -0.15) is 8.42 Å². The summed E-state index contributed by atoms with van der Waals surface area (Å²) in [5.41, 5.74) is 0. The van der Waals surface area contributed by atoms with Crippen LogP contribution in [0.2, 0.25) is 0 Å². The minimum Gasteiger partial charge on any atom is -0.379 e. The highest BCUT2D eigenvalue weighted by atomic mass is 32.3. The molecule has 0 amide bonds. The summed E-state index contributed by atoms with van der Waals surface area (Å²) < 4.78 is 38.2. The summed E-state index contributed by atoms with van der Waals surface area (Å²) in [5, 5.41) is 0. The molecule has 0 bridgehead atoms. The summed E-state index contributed by atoms with van der Waals surface area (Å²) in [4.78, 5) is 0. The van der Waals surface area contributed by atoms with E-state index in [1.54, 1.807) is 0 Å². The van der Waals surface area contributed by atoms with Crippen LogP contribution in [0.25, 0.3) is 0 Å². The van der Waals surface area contributed by atoms with E-state index < -0.39 is 10.4 Å². The summed E-state index contributed by atoms with van der Waals surface area (Å²) in [5.74, 6) is 0. The van der Waals surface area contributed by atoms with Gasteiger partial charge in [-0.25, -0.2) is 4.18 Å². The van der Waals surface area contributed by atoms with Crippen molar-refractivity contribution < 1.29 is 21.9 Å². The summed E-state index contributed by atoms with van der Waals surface area (Å²) in [7, 11) is -4.32. The summed E-state index contributed by atoms with van der Waals surface area (Å²) in [6.07, 6.45) is 14.2. The average molecular weight is 324 g/mol. The quantitative estimate of drug-likeness (QED) is 0.341. The van der Waals surface area contributed by atoms with Crippen molar-refractivity contribution in [2.24, 2.45) is 0 Å². The van der Waals surface area contributed by atoms with Gasteiger partial charge in [-0.15, -0.1) is 0 Å². The maximum Gasteiger partial charge on any atom is 0.397 e. The Labute approximate surface area is 130 Å². The molecule has 0 aliphatic heterocycles. The zero-order chi connectivity index (χ0) is 15.8. The highest BCUT2D eigenvalue weighted by molar-refractivity contribution is 7.80. The fourth-order valence-electron chi connectivity index (χ4n) is 2.17. The van der Waals surface area contributed by atoms with Gasteiger partial charge in [-0.1, -0.05) is 71.1 Å². The van der Waals surface area contributed by atoms with Crippen molar-refractivity contribution in [2.45, 2.75) is 77.6 Å². The Morgan fingerprint density at radius 2 is 1.19 bits per heavy atom. The van der Waals surface area contributed by atoms with Crippen molar-refractivity contribution in [3.63, 3.8) is 0 Å². The van der Waals surface area contributed by atoms with Crippen LogP contribution in [0.4, 0.5) is 0 Å². The molecule has 0 aromatic rings. The Hall–Kier alpha value is -0.170. The van der Waals surface area contributed by atoms with Gasteiger partial charge in [0, 0.05) is 6.61 Å². The lowest BCUT2D eigenvalue weighted by Gasteiger charge is -2.04. The van der Waals surface area contributed by atoms with Gasteiger partial charge in [0.25, 0.3) is 0 Å². The molecule has 0 spiro atoms. The minimum atomic E-state index is -4.32. The minimum absolute atomic E-state index is 0.128. The number of unbranched alkanes of at least 4 members (excludes halogenated alkanes) is 10. The number of rotatable bonds is 16. The molecule has 1 N–H and O–H groups in total. The molecule has 0 aromatic heterocycles. The molecule has 0 aliphatic rings. The molecule has 6 heteroatoms. The van der Waals surface area contributed by atoms with Crippen molar-refractivity contribution in [3.05, 3.63) is 0 Å². The van der Waals surface area contributed by atoms with Crippen LogP contribution in [0.3, 0.4) is 0 Å². The molecule has 0 fully saturated rings. The molecule has 0 unspecified atom stereocenters. The average Bonchev–Trinajstić information content (AvgIpc) is 2.42. The second-order valence-electron chi connectivity index (χ2n) is 5.40. The van der Waals surface area contributed by atoms with Crippen LogP contribution >= 0.6 is 0 Å². The molecule has 5 nitrogen and oxygen atoms in total. The first-order valence-corrected chi connectivity index (χ1v) is 9.62. The van der Waals surface area contributed by atoms with Gasteiger partial charge in [0.15, 0.2) is 0 Å². The van der Waals surface area contributed by atoms with E-state index in [-0.39, 0.29) is 13.2 Å². The molecule has 0 heterocycles. The van der Waals surface area contributed by atoms with E-state index >= 15 is 0 Å². The van der Waals surface area contributed by atoms with Crippen molar-refractivity contribution in [3.8, 4) is 0 Å². The second kappa shape index (κ2) is 14.8. The standard InChI is InChI=1S/C15H32O5S/c1-2-3-4-5-6-7-8-9-10-11-12-13-19-14-15-20-21(16,17)18/h2-15H2,1H3,(H,16,17,18). The van der Waals surface area contributed by atoms with E-state index in [2.05, 4.69) is 11.1 Å². The molecule has 0 rings (SSSR count). The SMILES string of the molecule is CCCCCCCCCCCCCOCCOS(=O)(=O)O. The van der Waals surface area contributed by atoms with Crippen LogP contribution in [-0.2, 0) is 19.3 Å². The smallest absolute Gasteiger partial charge is 0.379 e. The Morgan fingerprint density at radius 3 is 1.67 bits per heavy atom. The predicted molar refractivity (Wildman–Crippen MR) is 84.8 cm³/mol. The number of hydrogen-bond acceptors (Lipinski definition) is 4. The monoisotopic (exact) mass is 324 g/mol. The van der Waals surface area contributed by atoms with E-state index in [4.69, 9.17) is 9.29 Å². The third-order valence-electron chi connectivity index (χ3n) is 3.35. The zero-order valence-corrected chi connectivity index (χ0v) is 14.2. The maximum atomic E-state index is 10.2. The van der Waals surface area contributed by atoms with E-state index in [9.17, 15) is 8.42 Å². The normalized spacial score (nSPS) is 11.9. The summed E-state index contributed by atoms with van der Waals surface area (Å²) in [6, 6.07) is 0. The third kappa shape index (κ3) is 19.8. The Morgan fingerprint density at radius 1 is 0.714 bits per heavy atom. The topological polar surface area (TPSA) is 72.8 Å². The molecule has 21 heavy (non-hydrogen) atoms. The van der Waals surface area contributed by atoms with Gasteiger partial charge in [-0.05, 0) is 6.42 Å². The van der Waals surface area contributed by atoms with Gasteiger partial charge in [0.1, 0.15) is 0 Å². The van der Waals surface area contributed by atoms with Crippen LogP contribution in [0.5, 0.6) is 0 Å². The first-order chi connectivity index (χ1) is 10.1. The van der Waals surface area contributed by atoms with Gasteiger partial charge in [-0.3, -0.25) is 4.55 Å². The van der Waals surface area contributed by atoms with Crippen molar-refractivity contribution in [2.75, 3.05) is 19.8 Å². The first-order valence-electron chi connectivity index (χ1n) is 8.26. The summed E-state index contributed by atoms with van der Waals surface area (Å²) >= 11 is 0. The van der Waals surface area contributed by atoms with Gasteiger partial charge < -0.3 is 4.74 Å². The van der Waals surface area contributed by atoms with Crippen LogP contribution < -0.4 is 0 Å². The molecule has 0 radical (unpaired) electrons.